The van der Waals surface area contributed by atoms with Crippen LogP contribution in [0.1, 0.15) is 17.3 Å². The van der Waals surface area contributed by atoms with Gasteiger partial charge in [0, 0.05) is 11.3 Å². The summed E-state index contributed by atoms with van der Waals surface area (Å²) in [6, 6.07) is 6.54. The molecule has 0 atom stereocenters. The van der Waals surface area contributed by atoms with Crippen molar-refractivity contribution in [3.63, 3.8) is 0 Å². The number of benzene rings is 1. The zero-order valence-electron chi connectivity index (χ0n) is 11.0. The molecule has 108 valence electrons. The molecule has 9 nitrogen and oxygen atoms in total. The van der Waals surface area contributed by atoms with Crippen molar-refractivity contribution < 1.29 is 9.72 Å². The Kier molecular flexibility index (Phi) is 4.05. The van der Waals surface area contributed by atoms with Crippen LogP contribution in [0.2, 0.25) is 0 Å². The fourth-order valence-electron chi connectivity index (χ4n) is 1.70. The number of ketones is 1. The van der Waals surface area contributed by atoms with Crippen LogP contribution in [0.5, 0.6) is 0 Å². The standard InChI is InChI=1S/C12H12N6O3/c1-7(19)8-3-2-4-9(5-8)16-11-10(18(20)21)12(17-13)15-6-14-11/h2-6H,13H2,1H3,(H2,14,15,16,17). The molecule has 2 aromatic rings. The summed E-state index contributed by atoms with van der Waals surface area (Å²) < 4.78 is 0. The van der Waals surface area contributed by atoms with Crippen LogP contribution in [0, 0.1) is 10.1 Å². The summed E-state index contributed by atoms with van der Waals surface area (Å²) in [5.74, 6) is 4.95. The Labute approximate surface area is 119 Å². The first-order valence-electron chi connectivity index (χ1n) is 5.87. The van der Waals surface area contributed by atoms with Gasteiger partial charge in [-0.15, -0.1) is 0 Å². The molecule has 0 spiro atoms. The zero-order chi connectivity index (χ0) is 15.4. The second-order valence-electron chi connectivity index (χ2n) is 4.08. The molecule has 0 saturated carbocycles. The summed E-state index contributed by atoms with van der Waals surface area (Å²) in [4.78, 5) is 29.3. The van der Waals surface area contributed by atoms with E-state index in [4.69, 9.17) is 5.84 Å². The van der Waals surface area contributed by atoms with Gasteiger partial charge in [0.15, 0.2) is 5.78 Å². The second kappa shape index (κ2) is 5.92. The van der Waals surface area contributed by atoms with E-state index < -0.39 is 4.92 Å². The van der Waals surface area contributed by atoms with Gasteiger partial charge in [-0.1, -0.05) is 12.1 Å². The van der Waals surface area contributed by atoms with Gasteiger partial charge in [-0.2, -0.15) is 0 Å². The van der Waals surface area contributed by atoms with Crippen molar-refractivity contribution >= 4 is 28.8 Å². The van der Waals surface area contributed by atoms with Gasteiger partial charge in [-0.25, -0.2) is 15.8 Å². The molecule has 0 aliphatic heterocycles. The van der Waals surface area contributed by atoms with E-state index in [1.54, 1.807) is 24.3 Å². The van der Waals surface area contributed by atoms with Gasteiger partial charge >= 0.3 is 5.69 Å². The van der Waals surface area contributed by atoms with Crippen molar-refractivity contribution in [3.8, 4) is 0 Å². The predicted molar refractivity (Wildman–Crippen MR) is 76.2 cm³/mol. The van der Waals surface area contributed by atoms with Crippen LogP contribution in [0.4, 0.5) is 23.0 Å². The Hall–Kier alpha value is -3.07. The molecule has 0 radical (unpaired) electrons. The number of nitrogens with one attached hydrogen (secondary N) is 2. The first-order valence-corrected chi connectivity index (χ1v) is 5.87. The number of nitrogens with two attached hydrogens (primary N) is 1. The SMILES string of the molecule is CC(=O)c1cccc(Nc2ncnc(NN)c2[N+](=O)[O-])c1. The lowest BCUT2D eigenvalue weighted by atomic mass is 10.1. The summed E-state index contributed by atoms with van der Waals surface area (Å²) in [6.45, 7) is 1.43. The Balaban J connectivity index is 2.42. The highest BCUT2D eigenvalue weighted by Crippen LogP contribution is 2.30. The lowest BCUT2D eigenvalue weighted by Crippen LogP contribution is -2.12. The lowest BCUT2D eigenvalue weighted by Gasteiger charge is -2.08. The van der Waals surface area contributed by atoms with Crippen LogP contribution < -0.4 is 16.6 Å². The molecule has 4 N–H and O–H groups in total. The van der Waals surface area contributed by atoms with Crippen molar-refractivity contribution in [1.29, 1.82) is 0 Å². The maximum absolute atomic E-state index is 11.3. The first kappa shape index (κ1) is 14.3. The molecule has 2 rings (SSSR count). The Morgan fingerprint density at radius 1 is 1.33 bits per heavy atom. The highest BCUT2D eigenvalue weighted by atomic mass is 16.6. The topological polar surface area (TPSA) is 136 Å². The van der Waals surface area contributed by atoms with E-state index in [-0.39, 0.29) is 23.1 Å². The van der Waals surface area contributed by atoms with Crippen LogP contribution in [0.3, 0.4) is 0 Å². The van der Waals surface area contributed by atoms with Crippen LogP contribution in [-0.2, 0) is 0 Å². The van der Waals surface area contributed by atoms with Gasteiger partial charge in [-0.3, -0.25) is 14.9 Å². The fourth-order valence-corrected chi connectivity index (χ4v) is 1.70. The highest BCUT2D eigenvalue weighted by molar-refractivity contribution is 5.95. The van der Waals surface area contributed by atoms with Crippen molar-refractivity contribution in [1.82, 2.24) is 9.97 Å². The van der Waals surface area contributed by atoms with Crippen LogP contribution in [0.15, 0.2) is 30.6 Å². The number of carbonyl (C=O) groups excluding carboxylic acids is 1. The number of hydrogen-bond acceptors (Lipinski definition) is 8. The maximum Gasteiger partial charge on any atom is 0.354 e. The molecule has 0 bridgehead atoms. The summed E-state index contributed by atoms with van der Waals surface area (Å²) in [7, 11) is 0. The smallest absolute Gasteiger partial charge is 0.334 e. The molecule has 21 heavy (non-hydrogen) atoms. The summed E-state index contributed by atoms with van der Waals surface area (Å²) in [5, 5.41) is 13.9. The predicted octanol–water partition coefficient (Wildman–Crippen LogP) is 1.62. The molecule has 0 aliphatic carbocycles. The van der Waals surface area contributed by atoms with E-state index in [0.29, 0.717) is 11.3 Å². The van der Waals surface area contributed by atoms with Gasteiger partial charge in [0.25, 0.3) is 0 Å². The Bertz CT molecular complexity index is 703. The van der Waals surface area contributed by atoms with E-state index in [1.165, 1.54) is 6.92 Å². The third kappa shape index (κ3) is 3.09. The molecular weight excluding hydrogens is 276 g/mol. The molecule has 9 heteroatoms. The number of Topliss-reactive ketones (excluding diaryl/α,β-unsaturated/α-hetero) is 1. The Morgan fingerprint density at radius 2 is 2.05 bits per heavy atom. The van der Waals surface area contributed by atoms with E-state index in [9.17, 15) is 14.9 Å². The number of aromatic nitrogens is 2. The molecule has 0 aliphatic rings. The molecule has 0 fully saturated rings. The molecule has 0 unspecified atom stereocenters. The number of nitrogens with zero attached hydrogens (tertiary/aromatic N) is 3. The fraction of sp³-hybridized carbons (Fsp3) is 0.0833. The number of hydrogen-bond donors (Lipinski definition) is 3. The van der Waals surface area contributed by atoms with Crippen LogP contribution in [0.25, 0.3) is 0 Å². The largest absolute Gasteiger partial charge is 0.354 e. The number of hydrazine groups is 1. The third-order valence-electron chi connectivity index (χ3n) is 2.67. The number of nitro groups is 1. The highest BCUT2D eigenvalue weighted by Gasteiger charge is 2.22. The van der Waals surface area contributed by atoms with Gasteiger partial charge in [0.1, 0.15) is 6.33 Å². The van der Waals surface area contributed by atoms with Crippen molar-refractivity contribution in [2.75, 3.05) is 10.7 Å². The van der Waals surface area contributed by atoms with E-state index in [2.05, 4.69) is 20.7 Å². The van der Waals surface area contributed by atoms with Gasteiger partial charge in [0.2, 0.25) is 11.6 Å². The summed E-state index contributed by atoms with van der Waals surface area (Å²) in [6.07, 6.45) is 1.14. The first-order chi connectivity index (χ1) is 10.0. The molecule has 1 aromatic heterocycles. The zero-order valence-corrected chi connectivity index (χ0v) is 11.0. The number of rotatable bonds is 5. The average molecular weight is 288 g/mol. The Morgan fingerprint density at radius 3 is 2.67 bits per heavy atom. The van der Waals surface area contributed by atoms with Crippen molar-refractivity contribution in [2.24, 2.45) is 5.84 Å². The third-order valence-corrected chi connectivity index (χ3v) is 2.67. The number of anilines is 3. The molecule has 1 aromatic carbocycles. The molecule has 0 amide bonds. The summed E-state index contributed by atoms with van der Waals surface area (Å²) in [5.41, 5.74) is 2.74. The molecule has 1 heterocycles. The van der Waals surface area contributed by atoms with Crippen LogP contribution in [-0.4, -0.2) is 20.7 Å². The molecular formula is C12H12N6O3. The van der Waals surface area contributed by atoms with E-state index in [1.807, 2.05) is 0 Å². The quantitative estimate of drug-likeness (QED) is 0.327. The van der Waals surface area contributed by atoms with Crippen molar-refractivity contribution in [2.45, 2.75) is 6.92 Å². The van der Waals surface area contributed by atoms with Gasteiger partial charge in [0.05, 0.1) is 4.92 Å². The minimum Gasteiger partial charge on any atom is -0.334 e. The second-order valence-corrected chi connectivity index (χ2v) is 4.08. The van der Waals surface area contributed by atoms with Gasteiger partial charge in [-0.05, 0) is 19.1 Å². The van der Waals surface area contributed by atoms with Crippen molar-refractivity contribution in [3.05, 3.63) is 46.3 Å². The number of carbonyl (C=O) groups is 1. The van der Waals surface area contributed by atoms with Crippen LogP contribution >= 0.6 is 0 Å². The van der Waals surface area contributed by atoms with Gasteiger partial charge < -0.3 is 10.7 Å². The number of nitrogen functional groups attached to an aromatic ring is 1. The van der Waals surface area contributed by atoms with E-state index in [0.717, 1.165) is 6.33 Å². The molecule has 0 saturated heterocycles. The lowest BCUT2D eigenvalue weighted by molar-refractivity contribution is -0.383. The van der Waals surface area contributed by atoms with E-state index >= 15 is 0 Å². The minimum absolute atomic E-state index is 0.0244. The maximum atomic E-state index is 11.3. The average Bonchev–Trinajstić information content (AvgIpc) is 2.46. The monoisotopic (exact) mass is 288 g/mol. The minimum atomic E-state index is -0.646. The normalized spacial score (nSPS) is 10.0. The summed E-state index contributed by atoms with van der Waals surface area (Å²) >= 11 is 0.